The molecule has 0 aliphatic carbocycles. The Labute approximate surface area is 137 Å². The normalized spacial score (nSPS) is 17.0. The van der Waals surface area contributed by atoms with Crippen molar-refractivity contribution < 1.29 is 14.3 Å². The summed E-state index contributed by atoms with van der Waals surface area (Å²) in [4.78, 5) is 25.3. The van der Waals surface area contributed by atoms with Crippen LogP contribution in [0, 0.1) is 5.92 Å². The number of amides is 1. The van der Waals surface area contributed by atoms with Gasteiger partial charge < -0.3 is 15.0 Å². The standard InChI is InChI=1S/C16H22N2O3.ClH/c1-12(19)14-4-3-5-15(8-14)21-11-16(20)18-7-6-13(10-18)9-17-2;/h3-5,8,13,17H,6-7,9-11H2,1-2H3;1H. The van der Waals surface area contributed by atoms with E-state index in [4.69, 9.17) is 4.74 Å². The van der Waals surface area contributed by atoms with E-state index in [1.165, 1.54) is 6.92 Å². The highest BCUT2D eigenvalue weighted by molar-refractivity contribution is 5.94. The monoisotopic (exact) mass is 326 g/mol. The summed E-state index contributed by atoms with van der Waals surface area (Å²) in [5.74, 6) is 1.07. The van der Waals surface area contributed by atoms with Crippen molar-refractivity contribution in [2.45, 2.75) is 13.3 Å². The van der Waals surface area contributed by atoms with Gasteiger partial charge in [0.05, 0.1) is 0 Å². The molecule has 0 bridgehead atoms. The molecule has 1 fully saturated rings. The maximum absolute atomic E-state index is 12.1. The van der Waals surface area contributed by atoms with E-state index in [9.17, 15) is 9.59 Å². The van der Waals surface area contributed by atoms with Gasteiger partial charge in [0, 0.05) is 18.7 Å². The molecule has 1 atom stereocenters. The zero-order valence-corrected chi connectivity index (χ0v) is 13.8. The third-order valence-electron chi connectivity index (χ3n) is 3.73. The number of rotatable bonds is 6. The molecule has 5 nitrogen and oxygen atoms in total. The molecule has 1 aliphatic rings. The van der Waals surface area contributed by atoms with Crippen molar-refractivity contribution in [2.24, 2.45) is 5.92 Å². The number of nitrogens with one attached hydrogen (secondary N) is 1. The van der Waals surface area contributed by atoms with E-state index in [-0.39, 0.29) is 30.7 Å². The van der Waals surface area contributed by atoms with Crippen LogP contribution in [0.3, 0.4) is 0 Å². The smallest absolute Gasteiger partial charge is 0.260 e. The van der Waals surface area contributed by atoms with E-state index in [1.807, 2.05) is 11.9 Å². The van der Waals surface area contributed by atoms with Crippen LogP contribution in [0.2, 0.25) is 0 Å². The first-order valence-corrected chi connectivity index (χ1v) is 7.26. The number of likely N-dealkylation sites (tertiary alicyclic amines) is 1. The van der Waals surface area contributed by atoms with Crippen LogP contribution in [0.5, 0.6) is 5.75 Å². The van der Waals surface area contributed by atoms with Crippen LogP contribution in [0.25, 0.3) is 0 Å². The maximum Gasteiger partial charge on any atom is 0.260 e. The van der Waals surface area contributed by atoms with Gasteiger partial charge in [0.15, 0.2) is 12.4 Å². The number of halogens is 1. The fourth-order valence-corrected chi connectivity index (χ4v) is 2.56. The molecule has 1 aliphatic heterocycles. The zero-order chi connectivity index (χ0) is 15.2. The van der Waals surface area contributed by atoms with E-state index >= 15 is 0 Å². The van der Waals surface area contributed by atoms with Crippen molar-refractivity contribution in [1.29, 1.82) is 0 Å². The minimum Gasteiger partial charge on any atom is -0.484 e. The Morgan fingerprint density at radius 2 is 2.18 bits per heavy atom. The summed E-state index contributed by atoms with van der Waals surface area (Å²) in [6.07, 6.45) is 1.03. The number of carbonyl (C=O) groups excluding carboxylic acids is 2. The number of benzene rings is 1. The van der Waals surface area contributed by atoms with Crippen LogP contribution in [0.1, 0.15) is 23.7 Å². The van der Waals surface area contributed by atoms with Crippen LogP contribution in [0.4, 0.5) is 0 Å². The van der Waals surface area contributed by atoms with Crippen LogP contribution < -0.4 is 10.1 Å². The summed E-state index contributed by atoms with van der Waals surface area (Å²) < 4.78 is 5.51. The quantitative estimate of drug-likeness (QED) is 0.809. The summed E-state index contributed by atoms with van der Waals surface area (Å²) in [6, 6.07) is 6.92. The van der Waals surface area contributed by atoms with Gasteiger partial charge in [0.1, 0.15) is 5.75 Å². The van der Waals surface area contributed by atoms with Crippen molar-refractivity contribution in [3.63, 3.8) is 0 Å². The summed E-state index contributed by atoms with van der Waals surface area (Å²) in [5, 5.41) is 3.14. The van der Waals surface area contributed by atoms with Crippen LogP contribution in [0.15, 0.2) is 24.3 Å². The summed E-state index contributed by atoms with van der Waals surface area (Å²) in [6.45, 7) is 4.05. The van der Waals surface area contributed by atoms with Gasteiger partial charge >= 0.3 is 0 Å². The molecular formula is C16H23ClN2O3. The van der Waals surface area contributed by atoms with Gasteiger partial charge in [-0.05, 0) is 45.0 Å². The first kappa shape index (κ1) is 18.5. The Hall–Kier alpha value is -1.59. The Morgan fingerprint density at radius 3 is 2.86 bits per heavy atom. The molecule has 22 heavy (non-hydrogen) atoms. The maximum atomic E-state index is 12.1. The highest BCUT2D eigenvalue weighted by Crippen LogP contribution is 2.17. The van der Waals surface area contributed by atoms with Crippen LogP contribution in [-0.2, 0) is 4.79 Å². The summed E-state index contributed by atoms with van der Waals surface area (Å²) in [7, 11) is 1.93. The Bertz CT molecular complexity index is 522. The van der Waals surface area contributed by atoms with E-state index in [1.54, 1.807) is 24.3 Å². The second-order valence-electron chi connectivity index (χ2n) is 5.42. The Kier molecular flexibility index (Phi) is 7.35. The predicted octanol–water partition coefficient (Wildman–Crippen LogP) is 1.76. The molecule has 1 aromatic rings. The molecule has 2 rings (SSSR count). The van der Waals surface area contributed by atoms with Gasteiger partial charge in [-0.15, -0.1) is 12.4 Å². The van der Waals surface area contributed by atoms with Gasteiger partial charge in [-0.1, -0.05) is 12.1 Å². The largest absolute Gasteiger partial charge is 0.484 e. The van der Waals surface area contributed by atoms with Gasteiger partial charge in [-0.3, -0.25) is 9.59 Å². The molecule has 1 N–H and O–H groups in total. The molecule has 1 aromatic carbocycles. The molecular weight excluding hydrogens is 304 g/mol. The molecule has 0 spiro atoms. The van der Waals surface area contributed by atoms with Gasteiger partial charge in [0.25, 0.3) is 5.91 Å². The SMILES string of the molecule is CNCC1CCN(C(=O)COc2cccc(C(C)=O)c2)C1.Cl. The molecule has 0 saturated carbocycles. The fraction of sp³-hybridized carbons (Fsp3) is 0.500. The molecule has 0 radical (unpaired) electrons. The molecule has 1 heterocycles. The topological polar surface area (TPSA) is 58.6 Å². The van der Waals surface area contributed by atoms with Crippen molar-refractivity contribution in [1.82, 2.24) is 10.2 Å². The molecule has 122 valence electrons. The van der Waals surface area contributed by atoms with E-state index in [0.29, 0.717) is 17.2 Å². The lowest BCUT2D eigenvalue weighted by Gasteiger charge is -2.17. The number of ether oxygens (including phenoxy) is 1. The molecule has 1 unspecified atom stereocenters. The molecule has 0 aromatic heterocycles. The number of nitrogens with zero attached hydrogens (tertiary/aromatic N) is 1. The predicted molar refractivity (Wildman–Crippen MR) is 87.8 cm³/mol. The van der Waals surface area contributed by atoms with Crippen LogP contribution in [-0.4, -0.2) is 49.9 Å². The Balaban J connectivity index is 0.00000242. The number of hydrogen-bond acceptors (Lipinski definition) is 4. The lowest BCUT2D eigenvalue weighted by molar-refractivity contribution is -0.132. The summed E-state index contributed by atoms with van der Waals surface area (Å²) in [5.41, 5.74) is 0.593. The number of carbonyl (C=O) groups is 2. The second-order valence-corrected chi connectivity index (χ2v) is 5.42. The van der Waals surface area contributed by atoms with Crippen LogP contribution >= 0.6 is 12.4 Å². The van der Waals surface area contributed by atoms with Crippen molar-refractivity contribution in [3.05, 3.63) is 29.8 Å². The highest BCUT2D eigenvalue weighted by Gasteiger charge is 2.25. The third kappa shape index (κ3) is 5.00. The molecule has 1 saturated heterocycles. The minimum atomic E-state index is -0.0128. The average molecular weight is 327 g/mol. The fourth-order valence-electron chi connectivity index (χ4n) is 2.56. The lowest BCUT2D eigenvalue weighted by Crippen LogP contribution is -2.34. The number of ketones is 1. The summed E-state index contributed by atoms with van der Waals surface area (Å²) >= 11 is 0. The minimum absolute atomic E-state index is 0. The third-order valence-corrected chi connectivity index (χ3v) is 3.73. The second kappa shape index (κ2) is 8.76. The zero-order valence-electron chi connectivity index (χ0n) is 13.0. The van der Waals surface area contributed by atoms with Gasteiger partial charge in [-0.2, -0.15) is 0 Å². The van der Waals surface area contributed by atoms with Crippen molar-refractivity contribution >= 4 is 24.1 Å². The first-order valence-electron chi connectivity index (χ1n) is 7.26. The van der Waals surface area contributed by atoms with Gasteiger partial charge in [0.2, 0.25) is 0 Å². The molecule has 1 amide bonds. The first-order chi connectivity index (χ1) is 10.1. The van der Waals surface area contributed by atoms with E-state index in [0.717, 1.165) is 26.1 Å². The van der Waals surface area contributed by atoms with Crippen molar-refractivity contribution in [3.8, 4) is 5.75 Å². The number of Topliss-reactive ketones (excluding diaryl/α,β-unsaturated/α-hetero) is 1. The lowest BCUT2D eigenvalue weighted by atomic mass is 10.1. The Morgan fingerprint density at radius 1 is 1.41 bits per heavy atom. The number of hydrogen-bond donors (Lipinski definition) is 1. The van der Waals surface area contributed by atoms with Gasteiger partial charge in [-0.25, -0.2) is 0 Å². The highest BCUT2D eigenvalue weighted by atomic mass is 35.5. The molecule has 6 heteroatoms. The van der Waals surface area contributed by atoms with E-state index < -0.39 is 0 Å². The van der Waals surface area contributed by atoms with E-state index in [2.05, 4.69) is 5.32 Å². The van der Waals surface area contributed by atoms with Crippen molar-refractivity contribution in [2.75, 3.05) is 33.3 Å². The average Bonchev–Trinajstić information content (AvgIpc) is 2.94.